The summed E-state index contributed by atoms with van der Waals surface area (Å²) in [4.78, 5) is 10.9. The summed E-state index contributed by atoms with van der Waals surface area (Å²) in [6.07, 6.45) is 0.218. The van der Waals surface area contributed by atoms with Gasteiger partial charge in [-0.25, -0.2) is 4.79 Å². The average Bonchev–Trinajstić information content (AvgIpc) is 1.98. The number of hydrogen-bond acceptors (Lipinski definition) is 4. The molecule has 0 fully saturated rings. The lowest BCUT2D eigenvalue weighted by atomic mass is 10.2. The molecule has 0 aromatic carbocycles. The summed E-state index contributed by atoms with van der Waals surface area (Å²) in [6.45, 7) is 4.90. The third-order valence-corrected chi connectivity index (χ3v) is 1.28. The Balaban J connectivity index is 3.90. The van der Waals surface area contributed by atoms with E-state index in [0.717, 1.165) is 6.08 Å². The maximum atomic E-state index is 10.9. The SMILES string of the molecule is CC(C)OC(=O)/C=C/[C@@H](O)[C@@H](C)O. The molecule has 4 nitrogen and oxygen atoms in total. The van der Waals surface area contributed by atoms with Gasteiger partial charge in [-0.2, -0.15) is 0 Å². The zero-order chi connectivity index (χ0) is 10.4. The van der Waals surface area contributed by atoms with Crippen LogP contribution >= 0.6 is 0 Å². The molecule has 0 saturated carbocycles. The van der Waals surface area contributed by atoms with Crippen molar-refractivity contribution in [3.05, 3.63) is 12.2 Å². The zero-order valence-electron chi connectivity index (χ0n) is 8.10. The van der Waals surface area contributed by atoms with Crippen LogP contribution in [0.15, 0.2) is 12.2 Å². The van der Waals surface area contributed by atoms with Gasteiger partial charge in [0.05, 0.1) is 18.3 Å². The molecule has 0 rings (SSSR count). The molecule has 0 unspecified atom stereocenters. The number of esters is 1. The average molecular weight is 188 g/mol. The molecular weight excluding hydrogens is 172 g/mol. The maximum Gasteiger partial charge on any atom is 0.330 e. The minimum Gasteiger partial charge on any atom is -0.460 e. The van der Waals surface area contributed by atoms with Gasteiger partial charge in [-0.3, -0.25) is 0 Å². The highest BCUT2D eigenvalue weighted by atomic mass is 16.5. The summed E-state index contributed by atoms with van der Waals surface area (Å²) in [5, 5.41) is 17.9. The highest BCUT2D eigenvalue weighted by Gasteiger charge is 2.07. The van der Waals surface area contributed by atoms with Gasteiger partial charge in [0, 0.05) is 6.08 Å². The molecular formula is C9H16O4. The monoisotopic (exact) mass is 188 g/mol. The number of hydrogen-bond donors (Lipinski definition) is 2. The van der Waals surface area contributed by atoms with Crippen molar-refractivity contribution in [2.45, 2.75) is 39.1 Å². The topological polar surface area (TPSA) is 66.8 Å². The molecule has 0 bridgehead atoms. The molecule has 76 valence electrons. The minimum atomic E-state index is -1.03. The molecule has 0 aromatic rings. The number of carbonyl (C=O) groups excluding carboxylic acids is 1. The van der Waals surface area contributed by atoms with Gasteiger partial charge < -0.3 is 14.9 Å². The Morgan fingerprint density at radius 3 is 2.23 bits per heavy atom. The van der Waals surface area contributed by atoms with E-state index in [1.807, 2.05) is 0 Å². The second-order valence-corrected chi connectivity index (χ2v) is 3.08. The van der Waals surface area contributed by atoms with Crippen molar-refractivity contribution in [1.29, 1.82) is 0 Å². The van der Waals surface area contributed by atoms with E-state index in [1.54, 1.807) is 13.8 Å². The van der Waals surface area contributed by atoms with Crippen molar-refractivity contribution in [3.63, 3.8) is 0 Å². The zero-order valence-corrected chi connectivity index (χ0v) is 8.10. The summed E-state index contributed by atoms with van der Waals surface area (Å²) in [5.41, 5.74) is 0. The van der Waals surface area contributed by atoms with E-state index < -0.39 is 18.2 Å². The third kappa shape index (κ3) is 6.31. The quantitative estimate of drug-likeness (QED) is 0.490. The number of rotatable bonds is 4. The van der Waals surface area contributed by atoms with Crippen LogP contribution in [0.3, 0.4) is 0 Å². The van der Waals surface area contributed by atoms with Gasteiger partial charge in [-0.05, 0) is 26.8 Å². The van der Waals surface area contributed by atoms with E-state index in [9.17, 15) is 4.79 Å². The Kier molecular flexibility index (Phi) is 5.34. The molecule has 0 aliphatic carbocycles. The molecule has 0 aromatic heterocycles. The normalized spacial score (nSPS) is 16.2. The molecule has 4 heteroatoms. The lowest BCUT2D eigenvalue weighted by Crippen LogP contribution is -2.20. The standard InChI is InChI=1S/C9H16O4/c1-6(2)13-9(12)5-4-8(11)7(3)10/h4-8,10-11H,1-3H3/b5-4+/t7-,8-/m1/s1. The molecule has 0 aliphatic heterocycles. The summed E-state index contributed by atoms with van der Waals surface area (Å²) in [7, 11) is 0. The van der Waals surface area contributed by atoms with Gasteiger partial charge in [0.2, 0.25) is 0 Å². The summed E-state index contributed by atoms with van der Waals surface area (Å²) in [5.74, 6) is -0.519. The number of aliphatic hydroxyl groups is 2. The Labute approximate surface area is 77.8 Å². The fourth-order valence-electron chi connectivity index (χ4n) is 0.610. The molecule has 0 amide bonds. The van der Waals surface area contributed by atoms with E-state index in [0.29, 0.717) is 0 Å². The predicted molar refractivity (Wildman–Crippen MR) is 48.1 cm³/mol. The van der Waals surface area contributed by atoms with Crippen LogP contribution in [0.2, 0.25) is 0 Å². The van der Waals surface area contributed by atoms with Gasteiger partial charge in [0.1, 0.15) is 0 Å². The number of carbonyl (C=O) groups is 1. The van der Waals surface area contributed by atoms with E-state index in [2.05, 4.69) is 0 Å². The Hall–Kier alpha value is -0.870. The number of aliphatic hydroxyl groups excluding tert-OH is 2. The summed E-state index contributed by atoms with van der Waals surface area (Å²) < 4.78 is 4.76. The Morgan fingerprint density at radius 1 is 1.31 bits per heavy atom. The largest absolute Gasteiger partial charge is 0.460 e. The fraction of sp³-hybridized carbons (Fsp3) is 0.667. The summed E-state index contributed by atoms with van der Waals surface area (Å²) in [6, 6.07) is 0. The highest BCUT2D eigenvalue weighted by molar-refractivity contribution is 5.82. The van der Waals surface area contributed by atoms with Gasteiger partial charge in [-0.1, -0.05) is 0 Å². The molecule has 0 heterocycles. The Morgan fingerprint density at radius 2 is 1.85 bits per heavy atom. The first kappa shape index (κ1) is 12.1. The van der Waals surface area contributed by atoms with Crippen LogP contribution in [-0.2, 0) is 9.53 Å². The van der Waals surface area contributed by atoms with E-state index in [4.69, 9.17) is 14.9 Å². The van der Waals surface area contributed by atoms with Crippen molar-refractivity contribution in [2.75, 3.05) is 0 Å². The van der Waals surface area contributed by atoms with Crippen LogP contribution in [0.25, 0.3) is 0 Å². The van der Waals surface area contributed by atoms with Crippen molar-refractivity contribution in [3.8, 4) is 0 Å². The molecule has 0 aliphatic rings. The molecule has 0 radical (unpaired) electrons. The van der Waals surface area contributed by atoms with Crippen molar-refractivity contribution < 1.29 is 19.7 Å². The minimum absolute atomic E-state index is 0.180. The first-order valence-electron chi connectivity index (χ1n) is 4.18. The second kappa shape index (κ2) is 5.72. The lowest BCUT2D eigenvalue weighted by molar-refractivity contribution is -0.141. The molecule has 2 N–H and O–H groups in total. The van der Waals surface area contributed by atoms with Crippen molar-refractivity contribution in [1.82, 2.24) is 0 Å². The first-order valence-corrected chi connectivity index (χ1v) is 4.18. The van der Waals surface area contributed by atoms with Crippen LogP contribution in [0.4, 0.5) is 0 Å². The molecule has 0 spiro atoms. The predicted octanol–water partition coefficient (Wildman–Crippen LogP) is 0.236. The van der Waals surface area contributed by atoms with Gasteiger partial charge in [-0.15, -0.1) is 0 Å². The highest BCUT2D eigenvalue weighted by Crippen LogP contribution is 1.96. The van der Waals surface area contributed by atoms with Crippen LogP contribution in [0.5, 0.6) is 0 Å². The number of ether oxygens (including phenoxy) is 1. The summed E-state index contributed by atoms with van der Waals surface area (Å²) >= 11 is 0. The van der Waals surface area contributed by atoms with Gasteiger partial charge in [0.25, 0.3) is 0 Å². The van der Waals surface area contributed by atoms with E-state index in [1.165, 1.54) is 13.0 Å². The van der Waals surface area contributed by atoms with Gasteiger partial charge >= 0.3 is 5.97 Å². The third-order valence-electron chi connectivity index (χ3n) is 1.28. The van der Waals surface area contributed by atoms with Crippen LogP contribution in [0.1, 0.15) is 20.8 Å². The first-order chi connectivity index (χ1) is 5.93. The van der Waals surface area contributed by atoms with Crippen LogP contribution in [0, 0.1) is 0 Å². The van der Waals surface area contributed by atoms with Crippen molar-refractivity contribution >= 4 is 5.97 Å². The maximum absolute atomic E-state index is 10.9. The van der Waals surface area contributed by atoms with E-state index >= 15 is 0 Å². The smallest absolute Gasteiger partial charge is 0.330 e. The second-order valence-electron chi connectivity index (χ2n) is 3.08. The van der Waals surface area contributed by atoms with Crippen molar-refractivity contribution in [2.24, 2.45) is 0 Å². The van der Waals surface area contributed by atoms with E-state index in [-0.39, 0.29) is 6.10 Å². The van der Waals surface area contributed by atoms with Gasteiger partial charge in [0.15, 0.2) is 0 Å². The lowest BCUT2D eigenvalue weighted by Gasteiger charge is -2.08. The van der Waals surface area contributed by atoms with Crippen LogP contribution < -0.4 is 0 Å². The Bertz CT molecular complexity index is 184. The molecule has 0 saturated heterocycles. The fourth-order valence-corrected chi connectivity index (χ4v) is 0.610. The molecule has 2 atom stereocenters. The molecule has 13 heavy (non-hydrogen) atoms. The van der Waals surface area contributed by atoms with Crippen LogP contribution in [-0.4, -0.2) is 34.5 Å².